The SMILES string of the molecule is Cc1cc(-c2ccccc2C=NNc2nc(N)cs2)sn1. The Morgan fingerprint density at radius 2 is 2.19 bits per heavy atom. The number of nitrogen functional groups attached to an aromatic ring is 1. The highest BCUT2D eigenvalue weighted by atomic mass is 32.1. The molecule has 21 heavy (non-hydrogen) atoms. The molecule has 0 unspecified atom stereocenters. The molecule has 0 radical (unpaired) electrons. The standard InChI is InChI=1S/C14H13N5S2/c1-9-6-12(21-19-9)11-5-3-2-4-10(11)7-16-18-14-17-13(15)8-20-14/h2-8H,15H2,1H3,(H,17,18). The van der Waals surface area contributed by atoms with Gasteiger partial charge in [0.2, 0.25) is 5.13 Å². The van der Waals surface area contributed by atoms with Gasteiger partial charge < -0.3 is 5.73 Å². The molecule has 2 heterocycles. The average Bonchev–Trinajstić information content (AvgIpc) is 3.08. The number of aryl methyl sites for hydroxylation is 1. The maximum atomic E-state index is 5.57. The third-order valence-electron chi connectivity index (χ3n) is 2.74. The first-order chi connectivity index (χ1) is 10.2. The summed E-state index contributed by atoms with van der Waals surface area (Å²) in [4.78, 5) is 5.22. The molecule has 1 aromatic carbocycles. The molecule has 0 aliphatic carbocycles. The van der Waals surface area contributed by atoms with E-state index >= 15 is 0 Å². The molecular formula is C14H13N5S2. The molecule has 0 saturated heterocycles. The molecule has 7 heteroatoms. The summed E-state index contributed by atoms with van der Waals surface area (Å²) in [5.74, 6) is 0.498. The van der Waals surface area contributed by atoms with E-state index in [4.69, 9.17) is 5.73 Å². The van der Waals surface area contributed by atoms with E-state index in [-0.39, 0.29) is 0 Å². The van der Waals surface area contributed by atoms with Gasteiger partial charge in [-0.25, -0.2) is 4.98 Å². The molecule has 3 aromatic rings. The Morgan fingerprint density at radius 3 is 2.90 bits per heavy atom. The van der Waals surface area contributed by atoms with Crippen molar-refractivity contribution in [3.63, 3.8) is 0 Å². The Balaban J connectivity index is 1.82. The third kappa shape index (κ3) is 3.26. The molecular weight excluding hydrogens is 302 g/mol. The third-order valence-corrected chi connectivity index (χ3v) is 4.42. The predicted molar refractivity (Wildman–Crippen MR) is 90.0 cm³/mol. The molecule has 0 spiro atoms. The van der Waals surface area contributed by atoms with Crippen molar-refractivity contribution < 1.29 is 0 Å². The molecule has 3 rings (SSSR count). The first kappa shape index (κ1) is 13.7. The molecule has 106 valence electrons. The van der Waals surface area contributed by atoms with E-state index in [0.717, 1.165) is 21.7 Å². The quantitative estimate of drug-likeness (QED) is 0.569. The summed E-state index contributed by atoms with van der Waals surface area (Å²) in [5.41, 5.74) is 11.6. The molecule has 5 nitrogen and oxygen atoms in total. The zero-order valence-electron chi connectivity index (χ0n) is 11.3. The number of aromatic nitrogens is 2. The highest BCUT2D eigenvalue weighted by molar-refractivity contribution is 7.14. The predicted octanol–water partition coefficient (Wildman–Crippen LogP) is 3.60. The van der Waals surface area contributed by atoms with Crippen LogP contribution in [-0.2, 0) is 0 Å². The van der Waals surface area contributed by atoms with Crippen LogP contribution in [0.3, 0.4) is 0 Å². The minimum Gasteiger partial charge on any atom is -0.383 e. The van der Waals surface area contributed by atoms with Gasteiger partial charge in [0, 0.05) is 16.5 Å². The van der Waals surface area contributed by atoms with Crippen molar-refractivity contribution >= 4 is 40.0 Å². The molecule has 0 aliphatic rings. The number of anilines is 2. The van der Waals surface area contributed by atoms with E-state index in [1.54, 1.807) is 11.6 Å². The molecule has 0 fully saturated rings. The summed E-state index contributed by atoms with van der Waals surface area (Å²) in [6.07, 6.45) is 1.78. The Morgan fingerprint density at radius 1 is 1.33 bits per heavy atom. The normalized spacial score (nSPS) is 11.1. The second kappa shape index (κ2) is 6.02. The van der Waals surface area contributed by atoms with Gasteiger partial charge in [0.1, 0.15) is 5.82 Å². The van der Waals surface area contributed by atoms with Crippen LogP contribution in [0.15, 0.2) is 40.8 Å². The van der Waals surface area contributed by atoms with Crippen LogP contribution >= 0.6 is 22.9 Å². The Hall–Kier alpha value is -2.25. The van der Waals surface area contributed by atoms with Crippen molar-refractivity contribution in [3.8, 4) is 10.4 Å². The van der Waals surface area contributed by atoms with E-state index < -0.39 is 0 Å². The summed E-state index contributed by atoms with van der Waals surface area (Å²) in [5, 5.41) is 6.67. The molecule has 0 saturated carbocycles. The largest absolute Gasteiger partial charge is 0.383 e. The topological polar surface area (TPSA) is 76.2 Å². The fraction of sp³-hybridized carbons (Fsp3) is 0.0714. The highest BCUT2D eigenvalue weighted by Gasteiger charge is 2.06. The van der Waals surface area contributed by atoms with Gasteiger partial charge in [-0.1, -0.05) is 24.3 Å². The second-order valence-electron chi connectivity index (χ2n) is 4.37. The average molecular weight is 315 g/mol. The van der Waals surface area contributed by atoms with Gasteiger partial charge in [0.15, 0.2) is 0 Å². The van der Waals surface area contributed by atoms with Crippen LogP contribution in [0.1, 0.15) is 11.3 Å². The lowest BCUT2D eigenvalue weighted by Crippen LogP contribution is -1.92. The van der Waals surface area contributed by atoms with E-state index in [0.29, 0.717) is 10.9 Å². The summed E-state index contributed by atoms with van der Waals surface area (Å²) in [6.45, 7) is 1.99. The monoisotopic (exact) mass is 315 g/mol. The number of rotatable bonds is 4. The zero-order valence-corrected chi connectivity index (χ0v) is 12.9. The van der Waals surface area contributed by atoms with Crippen molar-refractivity contribution in [3.05, 3.63) is 47.0 Å². The molecule has 0 aliphatic heterocycles. The molecule has 2 aromatic heterocycles. The summed E-state index contributed by atoms with van der Waals surface area (Å²) >= 11 is 2.91. The van der Waals surface area contributed by atoms with Crippen molar-refractivity contribution in [1.29, 1.82) is 0 Å². The fourth-order valence-electron chi connectivity index (χ4n) is 1.82. The summed E-state index contributed by atoms with van der Waals surface area (Å²) < 4.78 is 4.32. The number of hydrogen-bond donors (Lipinski definition) is 2. The van der Waals surface area contributed by atoms with Crippen molar-refractivity contribution in [1.82, 2.24) is 9.36 Å². The Bertz CT molecular complexity index is 775. The van der Waals surface area contributed by atoms with E-state index in [2.05, 4.69) is 32.0 Å². The summed E-state index contributed by atoms with van der Waals surface area (Å²) in [6, 6.07) is 10.2. The maximum absolute atomic E-state index is 5.57. The Kier molecular flexibility index (Phi) is 3.94. The minimum atomic E-state index is 0.498. The van der Waals surface area contributed by atoms with Crippen LogP contribution in [-0.4, -0.2) is 15.6 Å². The maximum Gasteiger partial charge on any atom is 0.205 e. The number of nitrogens with one attached hydrogen (secondary N) is 1. The lowest BCUT2D eigenvalue weighted by atomic mass is 10.1. The zero-order chi connectivity index (χ0) is 14.7. The number of nitrogens with zero attached hydrogens (tertiary/aromatic N) is 3. The number of nitrogens with two attached hydrogens (primary N) is 1. The van der Waals surface area contributed by atoms with Gasteiger partial charge in [-0.05, 0) is 24.5 Å². The number of thiazole rings is 1. The fourth-order valence-corrected chi connectivity index (χ4v) is 3.17. The van der Waals surface area contributed by atoms with Gasteiger partial charge in [-0.2, -0.15) is 9.47 Å². The van der Waals surface area contributed by atoms with E-state index in [9.17, 15) is 0 Å². The minimum absolute atomic E-state index is 0.498. The number of hydrogen-bond acceptors (Lipinski definition) is 7. The summed E-state index contributed by atoms with van der Waals surface area (Å²) in [7, 11) is 0. The van der Waals surface area contributed by atoms with E-state index in [1.165, 1.54) is 22.9 Å². The van der Waals surface area contributed by atoms with Crippen LogP contribution in [0.4, 0.5) is 10.9 Å². The van der Waals surface area contributed by atoms with Crippen LogP contribution in [0.5, 0.6) is 0 Å². The van der Waals surface area contributed by atoms with Gasteiger partial charge >= 0.3 is 0 Å². The first-order valence-electron chi connectivity index (χ1n) is 6.25. The second-order valence-corrected chi connectivity index (χ2v) is 6.03. The Labute approximate surface area is 130 Å². The molecule has 0 atom stereocenters. The van der Waals surface area contributed by atoms with Crippen molar-refractivity contribution in [2.45, 2.75) is 6.92 Å². The van der Waals surface area contributed by atoms with Crippen LogP contribution in [0.2, 0.25) is 0 Å². The number of benzene rings is 1. The van der Waals surface area contributed by atoms with Crippen molar-refractivity contribution in [2.24, 2.45) is 5.10 Å². The molecule has 0 bridgehead atoms. The van der Waals surface area contributed by atoms with Crippen LogP contribution in [0, 0.1) is 6.92 Å². The lowest BCUT2D eigenvalue weighted by Gasteiger charge is -2.02. The molecule has 0 amide bonds. The molecule has 3 N–H and O–H groups in total. The first-order valence-corrected chi connectivity index (χ1v) is 7.90. The van der Waals surface area contributed by atoms with Crippen molar-refractivity contribution in [2.75, 3.05) is 11.2 Å². The van der Waals surface area contributed by atoms with Crippen LogP contribution < -0.4 is 11.2 Å². The van der Waals surface area contributed by atoms with E-state index in [1.807, 2.05) is 25.1 Å². The van der Waals surface area contributed by atoms with Crippen LogP contribution in [0.25, 0.3) is 10.4 Å². The van der Waals surface area contributed by atoms with Gasteiger partial charge in [0.05, 0.1) is 16.8 Å². The lowest BCUT2D eigenvalue weighted by molar-refractivity contribution is 1.29. The van der Waals surface area contributed by atoms with Gasteiger partial charge in [-0.3, -0.25) is 5.43 Å². The van der Waals surface area contributed by atoms with Gasteiger partial charge in [-0.15, -0.1) is 11.3 Å². The smallest absolute Gasteiger partial charge is 0.205 e. The highest BCUT2D eigenvalue weighted by Crippen LogP contribution is 2.27. The van der Waals surface area contributed by atoms with Gasteiger partial charge in [0.25, 0.3) is 0 Å². The number of hydrazone groups is 1.